The van der Waals surface area contributed by atoms with E-state index >= 15 is 0 Å². The van der Waals surface area contributed by atoms with Crippen molar-refractivity contribution < 1.29 is 29.0 Å². The average Bonchev–Trinajstić information content (AvgIpc) is 3.13. The van der Waals surface area contributed by atoms with Crippen molar-refractivity contribution in [2.75, 3.05) is 20.3 Å². The van der Waals surface area contributed by atoms with Crippen molar-refractivity contribution in [3.05, 3.63) is 28.3 Å². The van der Waals surface area contributed by atoms with Crippen LogP contribution < -0.4 is 10.6 Å². The van der Waals surface area contributed by atoms with Gasteiger partial charge < -0.3 is 25.2 Å². The summed E-state index contributed by atoms with van der Waals surface area (Å²) in [5, 5.41) is 14.2. The molecule has 0 spiro atoms. The molecule has 12 heteroatoms. The van der Waals surface area contributed by atoms with Crippen LogP contribution in [0.25, 0.3) is 0 Å². The Morgan fingerprint density at radius 2 is 2.07 bits per heavy atom. The molecule has 0 radical (unpaired) electrons. The molecule has 0 bridgehead atoms. The van der Waals surface area contributed by atoms with Gasteiger partial charge in [0.15, 0.2) is 0 Å². The molecule has 150 valence electrons. The lowest BCUT2D eigenvalue weighted by Crippen LogP contribution is -2.44. The van der Waals surface area contributed by atoms with Gasteiger partial charge in [-0.15, -0.1) is 10.1 Å². The summed E-state index contributed by atoms with van der Waals surface area (Å²) in [7, 11) is 1.23. The number of hydrogen-bond acceptors (Lipinski definition) is 8. The van der Waals surface area contributed by atoms with Gasteiger partial charge in [0, 0.05) is 32.0 Å². The van der Waals surface area contributed by atoms with Crippen molar-refractivity contribution in [3.8, 4) is 0 Å². The van der Waals surface area contributed by atoms with Gasteiger partial charge in [0.25, 0.3) is 5.09 Å². The van der Waals surface area contributed by atoms with E-state index in [4.69, 9.17) is 0 Å². The summed E-state index contributed by atoms with van der Waals surface area (Å²) in [6.07, 6.45) is 4.23. The summed E-state index contributed by atoms with van der Waals surface area (Å²) in [6, 6.07) is -0.872. The van der Waals surface area contributed by atoms with Crippen molar-refractivity contribution >= 4 is 17.8 Å². The Morgan fingerprint density at radius 3 is 2.70 bits per heavy atom. The molecule has 0 fully saturated rings. The summed E-state index contributed by atoms with van der Waals surface area (Å²) < 4.78 is 4.67. The highest BCUT2D eigenvalue weighted by Crippen LogP contribution is 2.01. The maximum atomic E-state index is 12.0. The second-order valence-electron chi connectivity index (χ2n) is 5.52. The van der Waals surface area contributed by atoms with E-state index in [0.29, 0.717) is 18.5 Å². The van der Waals surface area contributed by atoms with Gasteiger partial charge in [-0.25, -0.2) is 9.78 Å². The van der Waals surface area contributed by atoms with Gasteiger partial charge >= 0.3 is 5.97 Å². The fourth-order valence-electron chi connectivity index (χ4n) is 2.14. The Bertz CT molecular complexity index is 620. The van der Waals surface area contributed by atoms with Crippen molar-refractivity contribution in [1.82, 2.24) is 20.6 Å². The maximum absolute atomic E-state index is 12.0. The summed E-state index contributed by atoms with van der Waals surface area (Å²) in [5.74, 6) is -1.28. The molecule has 0 aliphatic heterocycles. The van der Waals surface area contributed by atoms with E-state index in [1.807, 2.05) is 0 Å². The van der Waals surface area contributed by atoms with Gasteiger partial charge in [0.2, 0.25) is 11.8 Å². The number of ether oxygens (including phenoxy) is 1. The predicted molar refractivity (Wildman–Crippen MR) is 90.7 cm³/mol. The van der Waals surface area contributed by atoms with Crippen LogP contribution in [0, 0.1) is 10.1 Å². The molecule has 0 saturated heterocycles. The first-order chi connectivity index (χ1) is 12.9. The zero-order chi connectivity index (χ0) is 20.1. The van der Waals surface area contributed by atoms with Crippen molar-refractivity contribution in [3.63, 3.8) is 0 Å². The molecule has 1 heterocycles. The second-order valence-corrected chi connectivity index (χ2v) is 5.52. The fourth-order valence-corrected chi connectivity index (χ4v) is 2.14. The van der Waals surface area contributed by atoms with Gasteiger partial charge in [-0.05, 0) is 12.8 Å². The third kappa shape index (κ3) is 9.77. The zero-order valence-electron chi connectivity index (χ0n) is 14.9. The van der Waals surface area contributed by atoms with E-state index in [-0.39, 0.29) is 38.3 Å². The van der Waals surface area contributed by atoms with E-state index in [2.05, 4.69) is 30.2 Å². The number of nitrogens with zero attached hydrogens (tertiary/aromatic N) is 2. The van der Waals surface area contributed by atoms with Crippen LogP contribution in [0.1, 0.15) is 31.4 Å². The highest BCUT2D eigenvalue weighted by atomic mass is 16.9. The molecule has 3 N–H and O–H groups in total. The molecule has 12 nitrogen and oxygen atoms in total. The fraction of sp³-hybridized carbons (Fsp3) is 0.600. The molecule has 0 aromatic carbocycles. The summed E-state index contributed by atoms with van der Waals surface area (Å²) >= 11 is 0. The third-order valence-corrected chi connectivity index (χ3v) is 3.46. The van der Waals surface area contributed by atoms with Gasteiger partial charge in [-0.2, -0.15) is 0 Å². The number of nitrogens with one attached hydrogen (secondary N) is 3. The minimum Gasteiger partial charge on any atom is -0.467 e. The van der Waals surface area contributed by atoms with E-state index in [0.717, 1.165) is 0 Å². The molecule has 27 heavy (non-hydrogen) atoms. The van der Waals surface area contributed by atoms with E-state index < -0.39 is 23.0 Å². The molecule has 1 aromatic rings. The first-order valence-electron chi connectivity index (χ1n) is 8.31. The SMILES string of the molecule is COC(=O)[C@H](Cc1c[nH]cn1)NC(=O)CCNC(=O)CCCCO[N+](=O)[O-]. The van der Waals surface area contributed by atoms with Crippen LogP contribution in [0.4, 0.5) is 0 Å². The largest absolute Gasteiger partial charge is 0.467 e. The lowest BCUT2D eigenvalue weighted by molar-refractivity contribution is -0.757. The number of hydrogen-bond donors (Lipinski definition) is 3. The predicted octanol–water partition coefficient (Wildman–Crippen LogP) is -0.505. The highest BCUT2D eigenvalue weighted by molar-refractivity contribution is 5.85. The van der Waals surface area contributed by atoms with Gasteiger partial charge in [0.05, 0.1) is 25.7 Å². The van der Waals surface area contributed by atoms with Crippen molar-refractivity contribution in [2.24, 2.45) is 0 Å². The van der Waals surface area contributed by atoms with Crippen LogP contribution in [-0.2, 0) is 30.4 Å². The Labute approximate surface area is 155 Å². The van der Waals surface area contributed by atoms with Crippen LogP contribution in [-0.4, -0.2) is 59.1 Å². The summed E-state index contributed by atoms with van der Waals surface area (Å²) in [4.78, 5) is 56.2. The Kier molecular flexibility index (Phi) is 9.89. The third-order valence-electron chi connectivity index (χ3n) is 3.46. The quantitative estimate of drug-likeness (QED) is 0.177. The lowest BCUT2D eigenvalue weighted by atomic mass is 10.1. The second kappa shape index (κ2) is 12.2. The van der Waals surface area contributed by atoms with E-state index in [1.165, 1.54) is 13.4 Å². The minimum absolute atomic E-state index is 0.00969. The molecular weight excluding hydrogens is 362 g/mol. The molecule has 0 unspecified atom stereocenters. The number of aromatic nitrogens is 2. The van der Waals surface area contributed by atoms with E-state index in [1.54, 1.807) is 6.20 Å². The van der Waals surface area contributed by atoms with Crippen LogP contribution in [0.5, 0.6) is 0 Å². The monoisotopic (exact) mass is 385 g/mol. The molecule has 0 aliphatic carbocycles. The van der Waals surface area contributed by atoms with Crippen LogP contribution >= 0.6 is 0 Å². The molecule has 1 aromatic heterocycles. The van der Waals surface area contributed by atoms with Crippen molar-refractivity contribution in [1.29, 1.82) is 0 Å². The standard InChI is InChI=1S/C15H23N5O7/c1-26-15(23)12(8-11-9-16-10-18-11)19-14(22)5-6-17-13(21)4-2-3-7-27-20(24)25/h9-10,12H,2-8H2,1H3,(H,16,18)(H,17,21)(H,19,22)/t12-/m0/s1. The van der Waals surface area contributed by atoms with Crippen LogP contribution in [0.3, 0.4) is 0 Å². The topological polar surface area (TPSA) is 166 Å². The number of methoxy groups -OCH3 is 1. The number of carbonyl (C=O) groups excluding carboxylic acids is 3. The molecular formula is C15H23N5O7. The Balaban J connectivity index is 2.24. The molecule has 0 aliphatic rings. The highest BCUT2D eigenvalue weighted by Gasteiger charge is 2.22. The Morgan fingerprint density at radius 1 is 1.30 bits per heavy atom. The maximum Gasteiger partial charge on any atom is 0.328 e. The first-order valence-corrected chi connectivity index (χ1v) is 8.31. The first kappa shape index (κ1) is 21.9. The number of amides is 2. The minimum atomic E-state index is -0.883. The number of rotatable bonds is 13. The smallest absolute Gasteiger partial charge is 0.328 e. The number of H-pyrrole nitrogens is 1. The number of esters is 1. The van der Waals surface area contributed by atoms with Gasteiger partial charge in [-0.1, -0.05) is 0 Å². The van der Waals surface area contributed by atoms with Crippen LogP contribution in [0.2, 0.25) is 0 Å². The summed E-state index contributed by atoms with van der Waals surface area (Å²) in [6.45, 7) is 0.0416. The number of imidazole rings is 1. The molecule has 2 amide bonds. The van der Waals surface area contributed by atoms with Gasteiger partial charge in [0.1, 0.15) is 6.04 Å². The van der Waals surface area contributed by atoms with Gasteiger partial charge in [-0.3, -0.25) is 9.59 Å². The number of unbranched alkanes of at least 4 members (excludes halogenated alkanes) is 1. The average molecular weight is 385 g/mol. The zero-order valence-corrected chi connectivity index (χ0v) is 14.9. The van der Waals surface area contributed by atoms with E-state index in [9.17, 15) is 24.5 Å². The lowest BCUT2D eigenvalue weighted by Gasteiger charge is -2.15. The normalized spacial score (nSPS) is 11.3. The molecule has 0 saturated carbocycles. The number of carbonyl (C=O) groups is 3. The molecule has 1 rings (SSSR count). The molecule has 1 atom stereocenters. The summed E-state index contributed by atoms with van der Waals surface area (Å²) in [5.41, 5.74) is 0.597. The number of aromatic amines is 1. The van der Waals surface area contributed by atoms with Crippen molar-refractivity contribution in [2.45, 2.75) is 38.1 Å². The van der Waals surface area contributed by atoms with Crippen LogP contribution in [0.15, 0.2) is 12.5 Å². The Hall–Kier alpha value is -3.18.